The second kappa shape index (κ2) is 10.8. The maximum absolute atomic E-state index is 4.89. The van der Waals surface area contributed by atoms with Gasteiger partial charge in [-0.1, -0.05) is 6.92 Å². The third kappa shape index (κ3) is 6.67. The summed E-state index contributed by atoms with van der Waals surface area (Å²) in [5.74, 6) is 2.38. The zero-order valence-electron chi connectivity index (χ0n) is 16.2. The summed E-state index contributed by atoms with van der Waals surface area (Å²) in [6.07, 6.45) is 2.62. The summed E-state index contributed by atoms with van der Waals surface area (Å²) in [6, 6.07) is 1.13. The van der Waals surface area contributed by atoms with Crippen molar-refractivity contribution in [2.45, 2.75) is 52.6 Å². The fourth-order valence-corrected chi connectivity index (χ4v) is 3.75. The van der Waals surface area contributed by atoms with Crippen molar-refractivity contribution in [2.75, 3.05) is 46.3 Å². The van der Waals surface area contributed by atoms with Crippen LogP contribution in [0.25, 0.3) is 0 Å². The first-order chi connectivity index (χ1) is 11.0. The topological polar surface area (TPSA) is 42.9 Å². The van der Waals surface area contributed by atoms with Gasteiger partial charge in [0, 0.05) is 44.8 Å². The minimum atomic E-state index is 0. The van der Waals surface area contributed by atoms with Crippen LogP contribution >= 0.6 is 24.0 Å². The lowest BCUT2D eigenvalue weighted by Crippen LogP contribution is -2.47. The van der Waals surface area contributed by atoms with E-state index in [9.17, 15) is 0 Å². The highest BCUT2D eigenvalue weighted by molar-refractivity contribution is 14.0. The molecule has 3 atom stereocenters. The summed E-state index contributed by atoms with van der Waals surface area (Å²) >= 11 is 0. The van der Waals surface area contributed by atoms with E-state index in [-0.39, 0.29) is 24.0 Å². The van der Waals surface area contributed by atoms with Gasteiger partial charge in [0.25, 0.3) is 0 Å². The summed E-state index contributed by atoms with van der Waals surface area (Å²) in [6.45, 7) is 15.6. The van der Waals surface area contributed by atoms with E-state index in [2.05, 4.69) is 55.2 Å². The predicted octanol–water partition coefficient (Wildman–Crippen LogP) is 2.23. The maximum Gasteiger partial charge on any atom is 0.191 e. The van der Waals surface area contributed by atoms with E-state index in [1.165, 1.54) is 32.5 Å². The standard InChI is InChI=1S/C18H37N5.HI/c1-6-19-18(20-10-16-8-7-9-22(5)12-16)21-17-13-23(14(2)3)11-15(17)4;/h14-17H,6-13H2,1-5H3,(H2,19,20,21);1H. The number of nitrogens with zero attached hydrogens (tertiary/aromatic N) is 3. The molecule has 0 bridgehead atoms. The van der Waals surface area contributed by atoms with Gasteiger partial charge in [-0.3, -0.25) is 9.89 Å². The number of halogens is 1. The second-order valence-corrected chi connectivity index (χ2v) is 7.77. The van der Waals surface area contributed by atoms with E-state index < -0.39 is 0 Å². The Morgan fingerprint density at radius 1 is 1.25 bits per heavy atom. The van der Waals surface area contributed by atoms with Crippen LogP contribution in [0.15, 0.2) is 4.99 Å². The molecule has 0 aliphatic carbocycles. The molecule has 142 valence electrons. The Hall–Kier alpha value is -0.0800. The minimum Gasteiger partial charge on any atom is -0.357 e. The lowest BCUT2D eigenvalue weighted by Gasteiger charge is -2.29. The molecule has 0 aromatic heterocycles. The van der Waals surface area contributed by atoms with E-state index in [4.69, 9.17) is 4.99 Å². The lowest BCUT2D eigenvalue weighted by molar-refractivity contribution is 0.214. The van der Waals surface area contributed by atoms with Gasteiger partial charge in [0.15, 0.2) is 5.96 Å². The van der Waals surface area contributed by atoms with E-state index in [1.54, 1.807) is 0 Å². The van der Waals surface area contributed by atoms with Crippen LogP contribution in [-0.2, 0) is 0 Å². The molecule has 0 spiro atoms. The van der Waals surface area contributed by atoms with Gasteiger partial charge in [-0.15, -0.1) is 24.0 Å². The molecule has 2 heterocycles. The van der Waals surface area contributed by atoms with Crippen LogP contribution in [0.2, 0.25) is 0 Å². The number of hydrogen-bond acceptors (Lipinski definition) is 3. The monoisotopic (exact) mass is 451 g/mol. The lowest BCUT2D eigenvalue weighted by atomic mass is 9.99. The van der Waals surface area contributed by atoms with Crippen LogP contribution in [0, 0.1) is 11.8 Å². The van der Waals surface area contributed by atoms with Crippen LogP contribution in [0.3, 0.4) is 0 Å². The van der Waals surface area contributed by atoms with E-state index >= 15 is 0 Å². The quantitative estimate of drug-likeness (QED) is 0.382. The van der Waals surface area contributed by atoms with Gasteiger partial charge < -0.3 is 15.5 Å². The van der Waals surface area contributed by atoms with Crippen molar-refractivity contribution in [3.63, 3.8) is 0 Å². The average Bonchev–Trinajstić information content (AvgIpc) is 2.86. The van der Waals surface area contributed by atoms with Gasteiger partial charge in [0.05, 0.1) is 0 Å². The van der Waals surface area contributed by atoms with E-state index in [0.717, 1.165) is 25.6 Å². The largest absolute Gasteiger partial charge is 0.357 e. The number of aliphatic imine (C=N–C) groups is 1. The molecule has 2 rings (SSSR count). The number of likely N-dealkylation sites (tertiary alicyclic amines) is 2. The molecule has 2 aliphatic rings. The average molecular weight is 451 g/mol. The zero-order chi connectivity index (χ0) is 16.8. The summed E-state index contributed by atoms with van der Waals surface area (Å²) in [5, 5.41) is 7.12. The predicted molar refractivity (Wildman–Crippen MR) is 114 cm³/mol. The molecule has 6 heteroatoms. The molecule has 3 unspecified atom stereocenters. The Kier molecular flexibility index (Phi) is 9.89. The van der Waals surface area contributed by atoms with E-state index in [0.29, 0.717) is 23.9 Å². The number of rotatable bonds is 5. The normalized spacial score (nSPS) is 29.6. The molecule has 2 aliphatic heterocycles. The molecule has 0 saturated carbocycles. The third-order valence-corrected chi connectivity index (χ3v) is 5.27. The van der Waals surface area contributed by atoms with Gasteiger partial charge >= 0.3 is 0 Å². The Labute approximate surface area is 166 Å². The molecule has 0 aromatic carbocycles. The molecule has 2 fully saturated rings. The fourth-order valence-electron chi connectivity index (χ4n) is 3.75. The first-order valence-electron chi connectivity index (χ1n) is 9.47. The van der Waals surface area contributed by atoms with Crippen molar-refractivity contribution >= 4 is 29.9 Å². The Morgan fingerprint density at radius 3 is 2.58 bits per heavy atom. The molecular formula is C18H38IN5. The summed E-state index contributed by atoms with van der Waals surface area (Å²) < 4.78 is 0. The van der Waals surface area contributed by atoms with Crippen molar-refractivity contribution in [1.82, 2.24) is 20.4 Å². The first kappa shape index (κ1) is 22.0. The van der Waals surface area contributed by atoms with Crippen molar-refractivity contribution in [1.29, 1.82) is 0 Å². The SMILES string of the molecule is CCNC(=NCC1CCCN(C)C1)NC1CN(C(C)C)CC1C.I. The van der Waals surface area contributed by atoms with Crippen LogP contribution in [0.1, 0.15) is 40.5 Å². The van der Waals surface area contributed by atoms with Crippen LogP contribution < -0.4 is 10.6 Å². The molecule has 0 radical (unpaired) electrons. The first-order valence-corrected chi connectivity index (χ1v) is 9.47. The summed E-state index contributed by atoms with van der Waals surface area (Å²) in [7, 11) is 2.22. The van der Waals surface area contributed by atoms with Gasteiger partial charge in [-0.05, 0) is 59.0 Å². The van der Waals surface area contributed by atoms with Gasteiger partial charge in [0.2, 0.25) is 0 Å². The maximum atomic E-state index is 4.89. The number of nitrogens with one attached hydrogen (secondary N) is 2. The highest BCUT2D eigenvalue weighted by Gasteiger charge is 2.31. The van der Waals surface area contributed by atoms with Crippen LogP contribution in [0.5, 0.6) is 0 Å². The number of guanidine groups is 1. The third-order valence-electron chi connectivity index (χ3n) is 5.27. The molecule has 0 aromatic rings. The van der Waals surface area contributed by atoms with Crippen molar-refractivity contribution in [3.8, 4) is 0 Å². The number of hydrogen-bond donors (Lipinski definition) is 2. The van der Waals surface area contributed by atoms with Gasteiger partial charge in [0.1, 0.15) is 0 Å². The van der Waals surface area contributed by atoms with E-state index in [1.807, 2.05) is 0 Å². The van der Waals surface area contributed by atoms with Gasteiger partial charge in [-0.25, -0.2) is 0 Å². The van der Waals surface area contributed by atoms with Crippen LogP contribution in [-0.4, -0.2) is 74.2 Å². The number of piperidine rings is 1. The Balaban J connectivity index is 0.00000288. The van der Waals surface area contributed by atoms with Crippen molar-refractivity contribution in [2.24, 2.45) is 16.8 Å². The molecule has 2 N–H and O–H groups in total. The zero-order valence-corrected chi connectivity index (χ0v) is 18.5. The highest BCUT2D eigenvalue weighted by Crippen LogP contribution is 2.19. The Morgan fingerprint density at radius 2 is 2.00 bits per heavy atom. The molecule has 0 amide bonds. The second-order valence-electron chi connectivity index (χ2n) is 7.77. The van der Waals surface area contributed by atoms with Crippen molar-refractivity contribution < 1.29 is 0 Å². The minimum absolute atomic E-state index is 0. The van der Waals surface area contributed by atoms with Gasteiger partial charge in [-0.2, -0.15) is 0 Å². The summed E-state index contributed by atoms with van der Waals surface area (Å²) in [5.41, 5.74) is 0. The fraction of sp³-hybridized carbons (Fsp3) is 0.944. The highest BCUT2D eigenvalue weighted by atomic mass is 127. The molecular weight excluding hydrogens is 413 g/mol. The molecule has 5 nitrogen and oxygen atoms in total. The van der Waals surface area contributed by atoms with Crippen molar-refractivity contribution in [3.05, 3.63) is 0 Å². The summed E-state index contributed by atoms with van der Waals surface area (Å²) in [4.78, 5) is 9.88. The molecule has 24 heavy (non-hydrogen) atoms. The molecule has 2 saturated heterocycles. The Bertz CT molecular complexity index is 388. The van der Waals surface area contributed by atoms with Crippen LogP contribution in [0.4, 0.5) is 0 Å². The smallest absolute Gasteiger partial charge is 0.191 e.